The molecule has 0 aromatic heterocycles. The lowest BCUT2D eigenvalue weighted by atomic mass is 10.1. The zero-order valence-electron chi connectivity index (χ0n) is 12.1. The lowest BCUT2D eigenvalue weighted by molar-refractivity contribution is 0.0713. The molecule has 1 atom stereocenters. The van der Waals surface area contributed by atoms with Crippen molar-refractivity contribution < 1.29 is 9.47 Å². The molecule has 108 valence electrons. The van der Waals surface area contributed by atoms with E-state index >= 15 is 0 Å². The van der Waals surface area contributed by atoms with E-state index in [9.17, 15) is 0 Å². The molecule has 0 aliphatic heterocycles. The first kappa shape index (κ1) is 16.5. The predicted molar refractivity (Wildman–Crippen MR) is 82.0 cm³/mol. The summed E-state index contributed by atoms with van der Waals surface area (Å²) < 4.78 is 10.4. The van der Waals surface area contributed by atoms with Gasteiger partial charge in [0.2, 0.25) is 0 Å². The summed E-state index contributed by atoms with van der Waals surface area (Å²) in [6.45, 7) is 4.35. The summed E-state index contributed by atoms with van der Waals surface area (Å²) in [5, 5.41) is 3.24. The van der Waals surface area contributed by atoms with Crippen molar-refractivity contribution in [2.45, 2.75) is 24.3 Å². The van der Waals surface area contributed by atoms with E-state index in [4.69, 9.17) is 9.47 Å². The molecule has 1 unspecified atom stereocenters. The van der Waals surface area contributed by atoms with Crippen molar-refractivity contribution in [1.82, 2.24) is 5.32 Å². The van der Waals surface area contributed by atoms with Gasteiger partial charge in [-0.2, -0.15) is 0 Å². The maximum atomic E-state index is 5.43. The number of hydrogen-bond acceptors (Lipinski definition) is 4. The Morgan fingerprint density at radius 2 is 1.89 bits per heavy atom. The molecule has 0 heterocycles. The van der Waals surface area contributed by atoms with Gasteiger partial charge in [-0.05, 0) is 38.1 Å². The van der Waals surface area contributed by atoms with E-state index in [1.54, 1.807) is 7.11 Å². The lowest BCUT2D eigenvalue weighted by Gasteiger charge is -2.11. The molecule has 0 saturated carbocycles. The molecule has 3 nitrogen and oxygen atoms in total. The maximum Gasteiger partial charge on any atom is 0.0700 e. The van der Waals surface area contributed by atoms with Crippen LogP contribution in [0.3, 0.4) is 0 Å². The fraction of sp³-hybridized carbons (Fsp3) is 0.600. The van der Waals surface area contributed by atoms with Crippen LogP contribution in [0.1, 0.15) is 24.9 Å². The van der Waals surface area contributed by atoms with E-state index in [1.165, 1.54) is 10.5 Å². The van der Waals surface area contributed by atoms with Crippen LogP contribution in [0.15, 0.2) is 29.2 Å². The standard InChI is InChI=1S/C15H25NO2S/c1-13(16-2)14-5-7-15(8-6-14)19-12-4-9-18-11-10-17-3/h5-8,13,16H,4,9-12H2,1-3H3. The Labute approximate surface area is 121 Å². The Balaban J connectivity index is 2.16. The fourth-order valence-electron chi connectivity index (χ4n) is 1.61. The molecular formula is C15H25NO2S. The number of benzene rings is 1. The van der Waals surface area contributed by atoms with Crippen molar-refractivity contribution in [3.05, 3.63) is 29.8 Å². The molecule has 0 aliphatic carbocycles. The van der Waals surface area contributed by atoms with Crippen molar-refractivity contribution in [1.29, 1.82) is 0 Å². The van der Waals surface area contributed by atoms with Gasteiger partial charge in [-0.1, -0.05) is 12.1 Å². The van der Waals surface area contributed by atoms with Gasteiger partial charge in [-0.3, -0.25) is 0 Å². The third kappa shape index (κ3) is 6.97. The summed E-state index contributed by atoms with van der Waals surface area (Å²) in [7, 11) is 3.68. The van der Waals surface area contributed by atoms with Crippen molar-refractivity contribution in [3.8, 4) is 0 Å². The van der Waals surface area contributed by atoms with Crippen molar-refractivity contribution in [2.24, 2.45) is 0 Å². The van der Waals surface area contributed by atoms with Crippen LogP contribution in [-0.2, 0) is 9.47 Å². The highest BCUT2D eigenvalue weighted by molar-refractivity contribution is 7.99. The average molecular weight is 283 g/mol. The first-order valence-corrected chi connectivity index (χ1v) is 7.73. The van der Waals surface area contributed by atoms with Gasteiger partial charge >= 0.3 is 0 Å². The topological polar surface area (TPSA) is 30.5 Å². The summed E-state index contributed by atoms with van der Waals surface area (Å²) in [6, 6.07) is 9.18. The predicted octanol–water partition coefficient (Wildman–Crippen LogP) is 3.11. The SMILES string of the molecule is CNC(C)c1ccc(SCCCOCCOC)cc1. The molecule has 0 saturated heterocycles. The summed E-state index contributed by atoms with van der Waals surface area (Å²) in [4.78, 5) is 1.32. The van der Waals surface area contributed by atoms with Crippen LogP contribution < -0.4 is 5.32 Å². The van der Waals surface area contributed by atoms with Crippen molar-refractivity contribution in [2.75, 3.05) is 39.7 Å². The minimum absolute atomic E-state index is 0.410. The fourth-order valence-corrected chi connectivity index (χ4v) is 2.44. The van der Waals surface area contributed by atoms with E-state index in [0.29, 0.717) is 19.3 Å². The Morgan fingerprint density at radius 3 is 2.53 bits per heavy atom. The van der Waals surface area contributed by atoms with Gasteiger partial charge in [0.05, 0.1) is 13.2 Å². The van der Waals surface area contributed by atoms with Crippen LogP contribution in [0.2, 0.25) is 0 Å². The highest BCUT2D eigenvalue weighted by Gasteiger charge is 2.01. The molecule has 1 aromatic rings. The van der Waals surface area contributed by atoms with Gasteiger partial charge in [0.1, 0.15) is 0 Å². The highest BCUT2D eigenvalue weighted by Crippen LogP contribution is 2.21. The molecule has 0 radical (unpaired) electrons. The Hall–Kier alpha value is -0.550. The first-order chi connectivity index (χ1) is 9.27. The van der Waals surface area contributed by atoms with E-state index in [2.05, 4.69) is 36.5 Å². The van der Waals surface area contributed by atoms with Gasteiger partial charge in [0.25, 0.3) is 0 Å². The third-order valence-corrected chi connectivity index (χ3v) is 4.04. The molecule has 0 amide bonds. The Morgan fingerprint density at radius 1 is 1.16 bits per heavy atom. The summed E-state index contributed by atoms with van der Waals surface area (Å²) in [5.74, 6) is 1.09. The summed E-state index contributed by atoms with van der Waals surface area (Å²) in [5.41, 5.74) is 1.33. The van der Waals surface area contributed by atoms with Crippen molar-refractivity contribution >= 4 is 11.8 Å². The molecule has 0 aliphatic rings. The Bertz CT molecular complexity index is 329. The molecule has 19 heavy (non-hydrogen) atoms. The van der Waals surface area contributed by atoms with Crippen LogP contribution in [0.5, 0.6) is 0 Å². The second kappa shape index (κ2) is 10.3. The van der Waals surface area contributed by atoms with E-state index < -0.39 is 0 Å². The maximum absolute atomic E-state index is 5.43. The van der Waals surface area contributed by atoms with Crippen LogP contribution >= 0.6 is 11.8 Å². The quantitative estimate of drug-likeness (QED) is 0.528. The van der Waals surface area contributed by atoms with Crippen LogP contribution in [0.25, 0.3) is 0 Å². The molecule has 0 fully saturated rings. The van der Waals surface area contributed by atoms with Crippen molar-refractivity contribution in [3.63, 3.8) is 0 Å². The number of thioether (sulfide) groups is 1. The van der Waals surface area contributed by atoms with Gasteiger partial charge in [0, 0.05) is 30.4 Å². The van der Waals surface area contributed by atoms with Gasteiger partial charge < -0.3 is 14.8 Å². The van der Waals surface area contributed by atoms with Gasteiger partial charge in [-0.15, -0.1) is 11.8 Å². The van der Waals surface area contributed by atoms with Crippen LogP contribution in [0.4, 0.5) is 0 Å². The van der Waals surface area contributed by atoms with E-state index in [-0.39, 0.29) is 0 Å². The number of methoxy groups -OCH3 is 1. The normalized spacial score (nSPS) is 12.6. The molecular weight excluding hydrogens is 258 g/mol. The zero-order valence-corrected chi connectivity index (χ0v) is 13.0. The highest BCUT2D eigenvalue weighted by atomic mass is 32.2. The molecule has 1 aromatic carbocycles. The smallest absolute Gasteiger partial charge is 0.0700 e. The number of rotatable bonds is 10. The summed E-state index contributed by atoms with van der Waals surface area (Å²) in [6.07, 6.45) is 1.07. The minimum atomic E-state index is 0.410. The lowest BCUT2D eigenvalue weighted by Crippen LogP contribution is -2.11. The zero-order chi connectivity index (χ0) is 13.9. The van der Waals surface area contributed by atoms with E-state index in [0.717, 1.165) is 18.8 Å². The molecule has 0 bridgehead atoms. The van der Waals surface area contributed by atoms with E-state index in [1.807, 2.05) is 18.8 Å². The second-order valence-corrected chi connectivity index (χ2v) is 5.55. The molecule has 1 rings (SSSR count). The molecule has 0 spiro atoms. The largest absolute Gasteiger partial charge is 0.382 e. The first-order valence-electron chi connectivity index (χ1n) is 6.74. The summed E-state index contributed by atoms with van der Waals surface area (Å²) >= 11 is 1.88. The van der Waals surface area contributed by atoms with Crippen LogP contribution in [-0.4, -0.2) is 39.7 Å². The average Bonchev–Trinajstić information content (AvgIpc) is 2.46. The number of ether oxygens (including phenoxy) is 2. The molecule has 1 N–H and O–H groups in total. The Kier molecular flexibility index (Phi) is 8.91. The van der Waals surface area contributed by atoms with Gasteiger partial charge in [-0.25, -0.2) is 0 Å². The third-order valence-electron chi connectivity index (χ3n) is 2.95. The second-order valence-electron chi connectivity index (χ2n) is 4.39. The minimum Gasteiger partial charge on any atom is -0.382 e. The monoisotopic (exact) mass is 283 g/mol. The molecule has 4 heteroatoms. The van der Waals surface area contributed by atoms with Crippen LogP contribution in [0, 0.1) is 0 Å². The van der Waals surface area contributed by atoms with Gasteiger partial charge in [0.15, 0.2) is 0 Å². The number of nitrogens with one attached hydrogen (secondary N) is 1. The number of hydrogen-bond donors (Lipinski definition) is 1.